The molecule has 3 nitrogen and oxygen atoms in total. The molecular formula is C15H16Br2N2O. The number of nitrogens with one attached hydrogen (secondary N) is 2. The number of aromatic amines is 1. The first-order chi connectivity index (χ1) is 9.38. The number of hydrogen-bond acceptors (Lipinski definition) is 1. The van der Waals surface area contributed by atoms with Gasteiger partial charge in [-0.2, -0.15) is 0 Å². The largest absolute Gasteiger partial charge is 0.356 e. The van der Waals surface area contributed by atoms with Gasteiger partial charge in [0.05, 0.1) is 0 Å². The lowest BCUT2D eigenvalue weighted by Gasteiger charge is -2.25. The Morgan fingerprint density at radius 1 is 1.20 bits per heavy atom. The number of benzene rings is 1. The van der Waals surface area contributed by atoms with Gasteiger partial charge in [0.1, 0.15) is 5.69 Å². The minimum Gasteiger partial charge on any atom is -0.356 e. The highest BCUT2D eigenvalue weighted by Gasteiger charge is 2.21. The first kappa shape index (κ1) is 15.3. The van der Waals surface area contributed by atoms with Crippen LogP contribution in [0.4, 0.5) is 0 Å². The van der Waals surface area contributed by atoms with E-state index in [-0.39, 0.29) is 11.3 Å². The average molecular weight is 400 g/mol. The monoisotopic (exact) mass is 398 g/mol. The van der Waals surface area contributed by atoms with E-state index in [1.165, 1.54) is 5.56 Å². The highest BCUT2D eigenvalue weighted by molar-refractivity contribution is 9.10. The van der Waals surface area contributed by atoms with Crippen molar-refractivity contribution in [3.05, 3.63) is 56.7 Å². The predicted molar refractivity (Wildman–Crippen MR) is 88.0 cm³/mol. The molecule has 5 heteroatoms. The molecule has 106 valence electrons. The summed E-state index contributed by atoms with van der Waals surface area (Å²) >= 11 is 6.75. The first-order valence-corrected chi connectivity index (χ1v) is 7.85. The van der Waals surface area contributed by atoms with Gasteiger partial charge in [-0.15, -0.1) is 0 Å². The first-order valence-electron chi connectivity index (χ1n) is 6.27. The molecule has 0 bridgehead atoms. The van der Waals surface area contributed by atoms with E-state index in [0.717, 1.165) is 8.95 Å². The van der Waals surface area contributed by atoms with Crippen LogP contribution in [-0.2, 0) is 5.41 Å². The fourth-order valence-electron chi connectivity index (χ4n) is 1.90. The molecule has 1 heterocycles. The average Bonchev–Trinajstić information content (AvgIpc) is 2.83. The highest BCUT2D eigenvalue weighted by Crippen LogP contribution is 2.24. The van der Waals surface area contributed by atoms with Crippen molar-refractivity contribution in [1.29, 1.82) is 0 Å². The molecule has 20 heavy (non-hydrogen) atoms. The van der Waals surface area contributed by atoms with E-state index in [9.17, 15) is 4.79 Å². The van der Waals surface area contributed by atoms with Gasteiger partial charge in [-0.3, -0.25) is 4.79 Å². The summed E-state index contributed by atoms with van der Waals surface area (Å²) in [6.07, 6.45) is 1.74. The van der Waals surface area contributed by atoms with Crippen molar-refractivity contribution in [1.82, 2.24) is 10.3 Å². The van der Waals surface area contributed by atoms with Gasteiger partial charge < -0.3 is 10.3 Å². The molecule has 0 aliphatic carbocycles. The molecule has 1 aromatic carbocycles. The van der Waals surface area contributed by atoms with Crippen molar-refractivity contribution >= 4 is 37.8 Å². The summed E-state index contributed by atoms with van der Waals surface area (Å²) in [5, 5.41) is 2.96. The second kappa shape index (κ2) is 6.14. The quantitative estimate of drug-likeness (QED) is 0.793. The number of carbonyl (C=O) groups is 1. The number of halogens is 2. The van der Waals surface area contributed by atoms with Gasteiger partial charge in [0, 0.05) is 27.1 Å². The molecule has 0 spiro atoms. The summed E-state index contributed by atoms with van der Waals surface area (Å²) in [7, 11) is 0. The number of hydrogen-bond donors (Lipinski definition) is 2. The molecule has 2 aromatic rings. The van der Waals surface area contributed by atoms with Gasteiger partial charge in [0.2, 0.25) is 0 Å². The van der Waals surface area contributed by atoms with Crippen molar-refractivity contribution in [3.8, 4) is 0 Å². The van der Waals surface area contributed by atoms with Crippen molar-refractivity contribution in [2.24, 2.45) is 0 Å². The summed E-state index contributed by atoms with van der Waals surface area (Å²) in [6.45, 7) is 4.80. The van der Waals surface area contributed by atoms with E-state index in [1.54, 1.807) is 12.3 Å². The van der Waals surface area contributed by atoms with Gasteiger partial charge in [-0.05, 0) is 39.7 Å². The summed E-state index contributed by atoms with van der Waals surface area (Å²) < 4.78 is 1.92. The van der Waals surface area contributed by atoms with E-state index < -0.39 is 0 Å². The zero-order chi connectivity index (χ0) is 14.8. The molecule has 0 radical (unpaired) electrons. The Hall–Kier alpha value is -1.07. The Bertz CT molecular complexity index is 603. The lowest BCUT2D eigenvalue weighted by atomic mass is 9.84. The maximum atomic E-state index is 12.0. The van der Waals surface area contributed by atoms with Crippen molar-refractivity contribution in [3.63, 3.8) is 0 Å². The summed E-state index contributed by atoms with van der Waals surface area (Å²) in [5.74, 6) is -0.0964. The second-order valence-corrected chi connectivity index (χ2v) is 7.14. The maximum absolute atomic E-state index is 12.0. The molecule has 0 atom stereocenters. The maximum Gasteiger partial charge on any atom is 0.267 e. The van der Waals surface area contributed by atoms with Gasteiger partial charge in [-0.25, -0.2) is 0 Å². The standard InChI is InChI=1S/C15H16Br2N2O/c1-15(2,10-3-5-11(16)6-4-10)9-19-14(20)13-7-12(17)8-18-13/h3-8,18H,9H2,1-2H3,(H,19,20). The smallest absolute Gasteiger partial charge is 0.267 e. The normalized spacial score (nSPS) is 11.4. The van der Waals surface area contributed by atoms with Crippen molar-refractivity contribution in [2.75, 3.05) is 6.54 Å². The minimum atomic E-state index is -0.125. The van der Waals surface area contributed by atoms with Crippen LogP contribution in [0.3, 0.4) is 0 Å². The van der Waals surface area contributed by atoms with E-state index >= 15 is 0 Å². The Balaban J connectivity index is 2.02. The van der Waals surface area contributed by atoms with Gasteiger partial charge in [0.15, 0.2) is 0 Å². The Morgan fingerprint density at radius 3 is 2.40 bits per heavy atom. The van der Waals surface area contributed by atoms with E-state index in [4.69, 9.17) is 0 Å². The van der Waals surface area contributed by atoms with E-state index in [0.29, 0.717) is 12.2 Å². The molecule has 2 rings (SSSR count). The molecule has 0 aliphatic heterocycles. The number of amides is 1. The Morgan fingerprint density at radius 2 is 1.85 bits per heavy atom. The third kappa shape index (κ3) is 3.73. The summed E-state index contributed by atoms with van der Waals surface area (Å²) in [4.78, 5) is 14.9. The number of aromatic nitrogens is 1. The Labute approximate surface area is 135 Å². The van der Waals surface area contributed by atoms with Crippen LogP contribution in [0.15, 0.2) is 45.5 Å². The summed E-state index contributed by atoms with van der Waals surface area (Å²) in [5.41, 5.74) is 1.62. The van der Waals surface area contributed by atoms with Crippen molar-refractivity contribution in [2.45, 2.75) is 19.3 Å². The predicted octanol–water partition coefficient (Wildman–Crippen LogP) is 4.25. The van der Waals surface area contributed by atoms with Crippen LogP contribution in [0.2, 0.25) is 0 Å². The lowest BCUT2D eigenvalue weighted by Crippen LogP contribution is -2.36. The molecule has 0 saturated carbocycles. The Kier molecular flexibility index (Phi) is 4.70. The topological polar surface area (TPSA) is 44.9 Å². The molecule has 1 amide bonds. The fourth-order valence-corrected chi connectivity index (χ4v) is 2.51. The van der Waals surface area contributed by atoms with Crippen LogP contribution in [0.25, 0.3) is 0 Å². The minimum absolute atomic E-state index is 0.0964. The van der Waals surface area contributed by atoms with Crippen LogP contribution in [0.5, 0.6) is 0 Å². The zero-order valence-corrected chi connectivity index (χ0v) is 14.5. The van der Waals surface area contributed by atoms with Crippen LogP contribution >= 0.6 is 31.9 Å². The van der Waals surface area contributed by atoms with Crippen LogP contribution in [0, 0.1) is 0 Å². The zero-order valence-electron chi connectivity index (χ0n) is 11.3. The number of carbonyl (C=O) groups excluding carboxylic acids is 1. The number of H-pyrrole nitrogens is 1. The molecule has 0 unspecified atom stereocenters. The molecule has 0 saturated heterocycles. The second-order valence-electron chi connectivity index (χ2n) is 5.31. The van der Waals surface area contributed by atoms with Gasteiger partial charge >= 0.3 is 0 Å². The van der Waals surface area contributed by atoms with Crippen LogP contribution in [0.1, 0.15) is 29.9 Å². The molecule has 2 N–H and O–H groups in total. The SMILES string of the molecule is CC(C)(CNC(=O)c1cc(Br)c[nH]1)c1ccc(Br)cc1. The number of rotatable bonds is 4. The van der Waals surface area contributed by atoms with E-state index in [1.807, 2.05) is 12.1 Å². The third-order valence-corrected chi connectivity index (χ3v) is 4.20. The molecular weight excluding hydrogens is 384 g/mol. The molecule has 0 aliphatic rings. The third-order valence-electron chi connectivity index (χ3n) is 3.21. The molecule has 0 fully saturated rings. The van der Waals surface area contributed by atoms with Gasteiger partial charge in [-0.1, -0.05) is 41.9 Å². The highest BCUT2D eigenvalue weighted by atomic mass is 79.9. The van der Waals surface area contributed by atoms with Crippen LogP contribution in [-0.4, -0.2) is 17.4 Å². The van der Waals surface area contributed by atoms with Crippen molar-refractivity contribution < 1.29 is 4.79 Å². The lowest BCUT2D eigenvalue weighted by molar-refractivity contribution is 0.0941. The van der Waals surface area contributed by atoms with E-state index in [2.05, 4.69) is 68.1 Å². The summed E-state index contributed by atoms with van der Waals surface area (Å²) in [6, 6.07) is 9.94. The molecule has 1 aromatic heterocycles. The fraction of sp³-hybridized carbons (Fsp3) is 0.267. The van der Waals surface area contributed by atoms with Gasteiger partial charge in [0.25, 0.3) is 5.91 Å². The van der Waals surface area contributed by atoms with Crippen LogP contribution < -0.4 is 5.32 Å².